The second-order valence-electron chi connectivity index (χ2n) is 1.76. The quantitative estimate of drug-likeness (QED) is 0.273. The molecule has 0 heterocycles. The minimum absolute atomic E-state index is 0.377. The minimum atomic E-state index is -0.377. The van der Waals surface area contributed by atoms with Crippen molar-refractivity contribution < 1.29 is 9.53 Å². The molecule has 11 heavy (non-hydrogen) atoms. The van der Waals surface area contributed by atoms with Gasteiger partial charge >= 0.3 is 5.97 Å². The van der Waals surface area contributed by atoms with Gasteiger partial charge in [0.25, 0.3) is 0 Å². The molecule has 0 rings (SSSR count). The topological polar surface area (TPSA) is 38.3 Å². The summed E-state index contributed by atoms with van der Waals surface area (Å²) in [5.74, 6) is 2.08. The molecule has 0 bridgehead atoms. The van der Waals surface area contributed by atoms with Crippen molar-refractivity contribution in [3.05, 3.63) is 12.3 Å². The van der Waals surface area contributed by atoms with E-state index in [2.05, 4.69) is 16.0 Å². The highest BCUT2D eigenvalue weighted by molar-refractivity contribution is 5.81. The maximum Gasteiger partial charge on any atom is 0.331 e. The van der Waals surface area contributed by atoms with Crippen LogP contribution < -0.4 is 5.32 Å². The number of hydrogen-bond acceptors (Lipinski definition) is 3. The Labute approximate surface area is 66.4 Å². The lowest BCUT2D eigenvalue weighted by molar-refractivity contribution is -0.134. The summed E-state index contributed by atoms with van der Waals surface area (Å²) in [6, 6.07) is 0. The molecule has 3 nitrogen and oxygen atoms in total. The Morgan fingerprint density at radius 2 is 2.55 bits per heavy atom. The van der Waals surface area contributed by atoms with Crippen LogP contribution in [0.25, 0.3) is 0 Å². The first-order chi connectivity index (χ1) is 5.31. The van der Waals surface area contributed by atoms with Gasteiger partial charge in [-0.15, -0.1) is 12.3 Å². The van der Waals surface area contributed by atoms with Crippen LogP contribution in [0, 0.1) is 12.3 Å². The largest absolute Gasteiger partial charge is 0.466 e. The summed E-state index contributed by atoms with van der Waals surface area (Å²) in [6.07, 6.45) is 8.45. The summed E-state index contributed by atoms with van der Waals surface area (Å²) in [4.78, 5) is 10.5. The first-order valence-electron chi connectivity index (χ1n) is 3.22. The molecule has 3 heteroatoms. The predicted molar refractivity (Wildman–Crippen MR) is 42.6 cm³/mol. The highest BCUT2D eigenvalue weighted by Gasteiger charge is 1.87. The second-order valence-corrected chi connectivity index (χ2v) is 1.76. The fourth-order valence-electron chi connectivity index (χ4n) is 0.423. The number of methoxy groups -OCH3 is 1. The van der Waals surface area contributed by atoms with Crippen molar-refractivity contribution in [1.29, 1.82) is 0 Å². The molecule has 60 valence electrons. The van der Waals surface area contributed by atoms with Crippen LogP contribution in [0.1, 0.15) is 6.42 Å². The van der Waals surface area contributed by atoms with E-state index in [-0.39, 0.29) is 5.97 Å². The molecule has 0 amide bonds. The van der Waals surface area contributed by atoms with Crippen LogP contribution in [-0.4, -0.2) is 19.6 Å². The molecule has 0 saturated heterocycles. The van der Waals surface area contributed by atoms with Gasteiger partial charge in [0.15, 0.2) is 0 Å². The van der Waals surface area contributed by atoms with Gasteiger partial charge in [0.05, 0.1) is 7.11 Å². The average molecular weight is 153 g/mol. The molecule has 0 radical (unpaired) electrons. The number of esters is 1. The Bertz CT molecular complexity index is 179. The lowest BCUT2D eigenvalue weighted by Crippen LogP contribution is -2.07. The average Bonchev–Trinajstić information content (AvgIpc) is 2.04. The summed E-state index contributed by atoms with van der Waals surface area (Å²) in [7, 11) is 1.33. The van der Waals surface area contributed by atoms with E-state index in [1.165, 1.54) is 19.4 Å². The highest BCUT2D eigenvalue weighted by atomic mass is 16.5. The molecule has 0 atom stereocenters. The van der Waals surface area contributed by atoms with Crippen LogP contribution >= 0.6 is 0 Å². The second kappa shape index (κ2) is 6.69. The number of terminal acetylenes is 1. The molecular formula is C8H11NO2. The molecule has 0 aromatic carbocycles. The van der Waals surface area contributed by atoms with Gasteiger partial charge in [0.1, 0.15) is 0 Å². The molecule has 0 aliphatic rings. The van der Waals surface area contributed by atoms with Gasteiger partial charge in [0.2, 0.25) is 0 Å². The summed E-state index contributed by atoms with van der Waals surface area (Å²) >= 11 is 0. The summed E-state index contributed by atoms with van der Waals surface area (Å²) in [5.41, 5.74) is 0. The van der Waals surface area contributed by atoms with E-state index in [4.69, 9.17) is 6.42 Å². The zero-order chi connectivity index (χ0) is 8.53. The monoisotopic (exact) mass is 153 g/mol. The van der Waals surface area contributed by atoms with Crippen LogP contribution in [0.15, 0.2) is 12.3 Å². The molecule has 0 aliphatic carbocycles. The zero-order valence-corrected chi connectivity index (χ0v) is 6.46. The standard InChI is InChI=1S/C8H11NO2/c1-3-4-6-9-7-5-8(10)11-2/h1,5,7,9H,4,6H2,2H3/b7-5+. The lowest BCUT2D eigenvalue weighted by Gasteiger charge is -1.93. The van der Waals surface area contributed by atoms with Crippen molar-refractivity contribution in [2.24, 2.45) is 0 Å². The molecule has 0 saturated carbocycles. The van der Waals surface area contributed by atoms with Gasteiger partial charge in [0, 0.05) is 25.2 Å². The first-order valence-corrected chi connectivity index (χ1v) is 3.22. The third-order valence-electron chi connectivity index (χ3n) is 0.952. The van der Waals surface area contributed by atoms with Crippen molar-refractivity contribution in [3.63, 3.8) is 0 Å². The molecule has 0 aliphatic heterocycles. The molecule has 1 N–H and O–H groups in total. The fourth-order valence-corrected chi connectivity index (χ4v) is 0.423. The molecule has 0 aromatic rings. The SMILES string of the molecule is C#CCCN/C=C/C(=O)OC. The number of ether oxygens (including phenoxy) is 1. The van der Waals surface area contributed by atoms with Crippen LogP contribution in [0.5, 0.6) is 0 Å². The van der Waals surface area contributed by atoms with Gasteiger partial charge in [-0.25, -0.2) is 4.79 Å². The van der Waals surface area contributed by atoms with E-state index in [9.17, 15) is 4.79 Å². The number of hydrogen-bond donors (Lipinski definition) is 1. The molecule has 0 unspecified atom stereocenters. The van der Waals surface area contributed by atoms with E-state index >= 15 is 0 Å². The summed E-state index contributed by atoms with van der Waals surface area (Å²) in [6.45, 7) is 0.671. The third kappa shape index (κ3) is 6.46. The van der Waals surface area contributed by atoms with Gasteiger partial charge in [-0.3, -0.25) is 0 Å². The Hall–Kier alpha value is -1.43. The Morgan fingerprint density at radius 3 is 3.09 bits per heavy atom. The maximum absolute atomic E-state index is 10.5. The van der Waals surface area contributed by atoms with Gasteiger partial charge in [-0.1, -0.05) is 0 Å². The van der Waals surface area contributed by atoms with Crippen molar-refractivity contribution in [3.8, 4) is 12.3 Å². The number of carbonyl (C=O) groups excluding carboxylic acids is 1. The van der Waals surface area contributed by atoms with Crippen molar-refractivity contribution in [2.75, 3.05) is 13.7 Å². The van der Waals surface area contributed by atoms with Crippen molar-refractivity contribution in [1.82, 2.24) is 5.32 Å². The van der Waals surface area contributed by atoms with Crippen LogP contribution in [0.2, 0.25) is 0 Å². The summed E-state index contributed by atoms with van der Waals surface area (Å²) < 4.78 is 4.35. The Kier molecular flexibility index (Phi) is 5.82. The van der Waals surface area contributed by atoms with E-state index < -0.39 is 0 Å². The molecule has 0 spiro atoms. The zero-order valence-electron chi connectivity index (χ0n) is 6.46. The molecular weight excluding hydrogens is 142 g/mol. The van der Waals surface area contributed by atoms with Crippen LogP contribution in [0.4, 0.5) is 0 Å². The Balaban J connectivity index is 3.31. The van der Waals surface area contributed by atoms with E-state index in [0.29, 0.717) is 13.0 Å². The first kappa shape index (κ1) is 9.57. The third-order valence-corrected chi connectivity index (χ3v) is 0.952. The normalized spacial score (nSPS) is 9.09. The van der Waals surface area contributed by atoms with Gasteiger partial charge in [-0.05, 0) is 0 Å². The summed E-state index contributed by atoms with van der Waals surface area (Å²) in [5, 5.41) is 2.83. The number of nitrogens with one attached hydrogen (secondary N) is 1. The predicted octanol–water partition coefficient (Wildman–Crippen LogP) is 0.286. The Morgan fingerprint density at radius 1 is 1.82 bits per heavy atom. The number of rotatable bonds is 4. The van der Waals surface area contributed by atoms with E-state index in [0.717, 1.165) is 0 Å². The van der Waals surface area contributed by atoms with Crippen LogP contribution in [-0.2, 0) is 9.53 Å². The smallest absolute Gasteiger partial charge is 0.331 e. The maximum atomic E-state index is 10.5. The molecule has 0 aromatic heterocycles. The van der Waals surface area contributed by atoms with Crippen molar-refractivity contribution >= 4 is 5.97 Å². The van der Waals surface area contributed by atoms with Gasteiger partial charge in [-0.2, -0.15) is 0 Å². The minimum Gasteiger partial charge on any atom is -0.466 e. The van der Waals surface area contributed by atoms with Gasteiger partial charge < -0.3 is 10.1 Å². The van der Waals surface area contributed by atoms with Crippen molar-refractivity contribution in [2.45, 2.75) is 6.42 Å². The van der Waals surface area contributed by atoms with E-state index in [1.54, 1.807) is 0 Å². The van der Waals surface area contributed by atoms with Crippen LogP contribution in [0.3, 0.4) is 0 Å². The van der Waals surface area contributed by atoms with E-state index in [1.807, 2.05) is 0 Å². The number of carbonyl (C=O) groups is 1. The fraction of sp³-hybridized carbons (Fsp3) is 0.375. The highest BCUT2D eigenvalue weighted by Crippen LogP contribution is 1.75. The lowest BCUT2D eigenvalue weighted by atomic mass is 10.4. The molecule has 0 fully saturated rings.